The highest BCUT2D eigenvalue weighted by Gasteiger charge is 2.42. The average Bonchev–Trinajstić information content (AvgIpc) is 2.87. The number of esters is 1. The minimum absolute atomic E-state index is 0.195. The third-order valence-electron chi connectivity index (χ3n) is 6.40. The summed E-state index contributed by atoms with van der Waals surface area (Å²) in [4.78, 5) is 11.7. The summed E-state index contributed by atoms with van der Waals surface area (Å²) in [5.74, 6) is 0.385. The number of carbonyl (C=O) groups is 1. The van der Waals surface area contributed by atoms with Crippen molar-refractivity contribution < 1.29 is 9.53 Å². The summed E-state index contributed by atoms with van der Waals surface area (Å²) in [6, 6.07) is 12.5. The highest BCUT2D eigenvalue weighted by atomic mass is 16.5. The SMILES string of the molecule is COC(=O)c1ccc(C=Cc2cc3c(cc2CCC(C)C)C(C)(C)CC3(C)C)cc1. The maximum absolute atomic E-state index is 11.7. The van der Waals surface area contributed by atoms with Gasteiger partial charge >= 0.3 is 5.97 Å². The molecule has 0 aromatic heterocycles. The molecule has 0 bridgehead atoms. The number of ether oxygens (including phenoxy) is 1. The zero-order chi connectivity index (χ0) is 22.1. The van der Waals surface area contributed by atoms with Crippen molar-refractivity contribution in [3.8, 4) is 0 Å². The van der Waals surface area contributed by atoms with Crippen LogP contribution in [0.4, 0.5) is 0 Å². The first kappa shape index (κ1) is 22.3. The predicted octanol–water partition coefficient (Wildman–Crippen LogP) is 7.19. The summed E-state index contributed by atoms with van der Waals surface area (Å²) in [7, 11) is 1.41. The van der Waals surface area contributed by atoms with E-state index >= 15 is 0 Å². The van der Waals surface area contributed by atoms with E-state index in [0.717, 1.165) is 12.0 Å². The first-order valence-electron chi connectivity index (χ1n) is 11.1. The Labute approximate surface area is 182 Å². The molecule has 2 heteroatoms. The zero-order valence-electron chi connectivity index (χ0n) is 19.6. The number of aryl methyl sites for hydroxylation is 1. The predicted molar refractivity (Wildman–Crippen MR) is 127 cm³/mol. The molecule has 0 heterocycles. The molecule has 30 heavy (non-hydrogen) atoms. The summed E-state index contributed by atoms with van der Waals surface area (Å²) < 4.78 is 4.79. The van der Waals surface area contributed by atoms with E-state index in [-0.39, 0.29) is 16.8 Å². The zero-order valence-corrected chi connectivity index (χ0v) is 19.6. The fourth-order valence-corrected chi connectivity index (χ4v) is 4.93. The monoisotopic (exact) mass is 404 g/mol. The van der Waals surface area contributed by atoms with Crippen molar-refractivity contribution in [1.82, 2.24) is 0 Å². The molecule has 0 saturated heterocycles. The lowest BCUT2D eigenvalue weighted by molar-refractivity contribution is 0.0600. The summed E-state index contributed by atoms with van der Waals surface area (Å²) >= 11 is 0. The molecule has 2 aromatic carbocycles. The van der Waals surface area contributed by atoms with Crippen LogP contribution in [-0.4, -0.2) is 13.1 Å². The third-order valence-corrected chi connectivity index (χ3v) is 6.40. The number of hydrogen-bond donors (Lipinski definition) is 0. The lowest BCUT2D eigenvalue weighted by atomic mass is 9.82. The van der Waals surface area contributed by atoms with Gasteiger partial charge in [-0.25, -0.2) is 4.79 Å². The minimum atomic E-state index is -0.301. The standard InChI is InChI=1S/C28H36O2/c1-19(2)8-12-22-16-24-25(28(5,6)18-27(24,3)4)17-23(22)15-11-20-9-13-21(14-10-20)26(29)30-7/h9-11,13-17,19H,8,12,18H2,1-7H3. The van der Waals surface area contributed by atoms with Gasteiger partial charge in [0.05, 0.1) is 12.7 Å². The summed E-state index contributed by atoms with van der Waals surface area (Å²) in [6.45, 7) is 14.1. The van der Waals surface area contributed by atoms with Crippen LogP contribution in [0.15, 0.2) is 36.4 Å². The van der Waals surface area contributed by atoms with Crippen molar-refractivity contribution in [3.63, 3.8) is 0 Å². The van der Waals surface area contributed by atoms with Gasteiger partial charge < -0.3 is 4.74 Å². The summed E-state index contributed by atoms with van der Waals surface area (Å²) in [5, 5.41) is 0. The van der Waals surface area contributed by atoms with Crippen LogP contribution in [0.1, 0.15) is 92.6 Å². The molecular weight excluding hydrogens is 368 g/mol. The van der Waals surface area contributed by atoms with Crippen molar-refractivity contribution in [2.75, 3.05) is 7.11 Å². The Morgan fingerprint density at radius 2 is 1.60 bits per heavy atom. The normalized spacial score (nSPS) is 16.8. The second-order valence-electron chi connectivity index (χ2n) is 10.4. The molecule has 0 atom stereocenters. The second kappa shape index (κ2) is 8.41. The molecule has 0 fully saturated rings. The van der Waals surface area contributed by atoms with Gasteiger partial charge in [0.1, 0.15) is 0 Å². The molecule has 0 saturated carbocycles. The molecule has 160 valence electrons. The number of hydrogen-bond acceptors (Lipinski definition) is 2. The Morgan fingerprint density at radius 1 is 1.00 bits per heavy atom. The van der Waals surface area contributed by atoms with Crippen LogP contribution in [0.25, 0.3) is 12.2 Å². The van der Waals surface area contributed by atoms with E-state index in [1.54, 1.807) is 0 Å². The fraction of sp³-hybridized carbons (Fsp3) is 0.464. The molecule has 0 amide bonds. The quantitative estimate of drug-likeness (QED) is 0.376. The topological polar surface area (TPSA) is 26.3 Å². The van der Waals surface area contributed by atoms with Gasteiger partial charge in [-0.1, -0.05) is 78.0 Å². The van der Waals surface area contributed by atoms with E-state index in [9.17, 15) is 4.79 Å². The number of carbonyl (C=O) groups excluding carboxylic acids is 1. The van der Waals surface area contributed by atoms with Crippen molar-refractivity contribution in [3.05, 3.63) is 69.8 Å². The lowest BCUT2D eigenvalue weighted by Crippen LogP contribution is -2.18. The molecule has 2 aromatic rings. The van der Waals surface area contributed by atoms with Crippen molar-refractivity contribution >= 4 is 18.1 Å². The Bertz CT molecular complexity index is 943. The van der Waals surface area contributed by atoms with Crippen molar-refractivity contribution in [2.45, 2.75) is 71.6 Å². The van der Waals surface area contributed by atoms with Gasteiger partial charge in [0.15, 0.2) is 0 Å². The first-order valence-corrected chi connectivity index (χ1v) is 11.1. The van der Waals surface area contributed by atoms with Crippen LogP contribution in [0.2, 0.25) is 0 Å². The Balaban J connectivity index is 1.98. The molecule has 2 nitrogen and oxygen atoms in total. The number of methoxy groups -OCH3 is 1. The van der Waals surface area contributed by atoms with Crippen molar-refractivity contribution in [1.29, 1.82) is 0 Å². The lowest BCUT2D eigenvalue weighted by Gasteiger charge is -2.22. The Morgan fingerprint density at radius 3 is 2.17 bits per heavy atom. The highest BCUT2D eigenvalue weighted by molar-refractivity contribution is 5.89. The van der Waals surface area contributed by atoms with Crippen LogP contribution < -0.4 is 0 Å². The van der Waals surface area contributed by atoms with Crippen molar-refractivity contribution in [2.24, 2.45) is 5.92 Å². The van der Waals surface area contributed by atoms with E-state index in [4.69, 9.17) is 4.74 Å². The van der Waals surface area contributed by atoms with E-state index < -0.39 is 0 Å². The largest absolute Gasteiger partial charge is 0.465 e. The van der Waals surface area contributed by atoms with Crippen LogP contribution >= 0.6 is 0 Å². The number of rotatable bonds is 6. The van der Waals surface area contributed by atoms with Crippen LogP contribution in [0.3, 0.4) is 0 Å². The average molecular weight is 405 g/mol. The Kier molecular flexibility index (Phi) is 6.26. The van der Waals surface area contributed by atoms with Gasteiger partial charge in [0, 0.05) is 0 Å². The molecular formula is C28H36O2. The fourth-order valence-electron chi connectivity index (χ4n) is 4.93. The number of fused-ring (bicyclic) bond motifs is 1. The maximum atomic E-state index is 11.7. The van der Waals surface area contributed by atoms with E-state index in [2.05, 4.69) is 65.8 Å². The molecule has 3 rings (SSSR count). The molecule has 0 aliphatic heterocycles. The van der Waals surface area contributed by atoms with Gasteiger partial charge in [-0.05, 0) is 76.0 Å². The molecule has 1 aliphatic carbocycles. The minimum Gasteiger partial charge on any atom is -0.465 e. The van der Waals surface area contributed by atoms with Gasteiger partial charge in [-0.15, -0.1) is 0 Å². The first-order chi connectivity index (χ1) is 14.0. The van der Waals surface area contributed by atoms with E-state index in [1.807, 2.05) is 24.3 Å². The Hall–Kier alpha value is -2.35. The molecule has 0 N–H and O–H groups in total. The molecule has 0 spiro atoms. The van der Waals surface area contributed by atoms with Crippen LogP contribution in [0.5, 0.6) is 0 Å². The van der Waals surface area contributed by atoms with Crippen LogP contribution in [0, 0.1) is 5.92 Å². The third kappa shape index (κ3) is 4.69. The maximum Gasteiger partial charge on any atom is 0.337 e. The molecule has 0 unspecified atom stereocenters. The second-order valence-corrected chi connectivity index (χ2v) is 10.4. The summed E-state index contributed by atoms with van der Waals surface area (Å²) in [6.07, 6.45) is 7.86. The smallest absolute Gasteiger partial charge is 0.337 e. The molecule has 0 radical (unpaired) electrons. The van der Waals surface area contributed by atoms with Crippen LogP contribution in [-0.2, 0) is 22.0 Å². The van der Waals surface area contributed by atoms with E-state index in [0.29, 0.717) is 11.5 Å². The van der Waals surface area contributed by atoms with Gasteiger partial charge in [-0.2, -0.15) is 0 Å². The van der Waals surface area contributed by atoms with Gasteiger partial charge in [-0.3, -0.25) is 0 Å². The van der Waals surface area contributed by atoms with Gasteiger partial charge in [0.25, 0.3) is 0 Å². The van der Waals surface area contributed by atoms with E-state index in [1.165, 1.54) is 42.2 Å². The number of benzene rings is 2. The highest BCUT2D eigenvalue weighted by Crippen LogP contribution is 2.50. The van der Waals surface area contributed by atoms with Gasteiger partial charge in [0.2, 0.25) is 0 Å². The molecule has 1 aliphatic rings. The summed E-state index contributed by atoms with van der Waals surface area (Å²) in [5.41, 5.74) is 7.84.